The molecule has 7 heteroatoms. The fraction of sp³-hybridized carbons (Fsp3) is 0.381. The van der Waals surface area contributed by atoms with Crippen LogP contribution in [0.4, 0.5) is 0 Å². The minimum atomic E-state index is -3.72. The van der Waals surface area contributed by atoms with Crippen molar-refractivity contribution < 1.29 is 13.2 Å². The fourth-order valence-electron chi connectivity index (χ4n) is 3.54. The molecule has 1 amide bonds. The number of halogens is 1. The zero-order chi connectivity index (χ0) is 20.4. The summed E-state index contributed by atoms with van der Waals surface area (Å²) in [5.41, 5.74) is 0.804. The second-order valence-electron chi connectivity index (χ2n) is 7.05. The summed E-state index contributed by atoms with van der Waals surface area (Å²) in [6.45, 7) is 5.05. The highest BCUT2D eigenvalue weighted by Gasteiger charge is 2.42. The van der Waals surface area contributed by atoms with E-state index >= 15 is 0 Å². The SMILES string of the molecule is CCN(CC)C(=O)c1ccc(S(=O)(=O)NC2(c3ccc(Cl)cc3)CCC2)cc1. The number of benzene rings is 2. The van der Waals surface area contributed by atoms with Gasteiger partial charge in [-0.1, -0.05) is 23.7 Å². The normalized spacial score (nSPS) is 15.7. The van der Waals surface area contributed by atoms with Gasteiger partial charge in [-0.2, -0.15) is 0 Å². The summed E-state index contributed by atoms with van der Waals surface area (Å²) in [5, 5.41) is 0.620. The lowest BCUT2D eigenvalue weighted by Crippen LogP contribution is -2.50. The molecule has 1 N–H and O–H groups in total. The van der Waals surface area contributed by atoms with E-state index in [0.717, 1.165) is 24.8 Å². The highest BCUT2D eigenvalue weighted by Crippen LogP contribution is 2.42. The Hall–Kier alpha value is -1.89. The van der Waals surface area contributed by atoms with E-state index in [1.165, 1.54) is 12.1 Å². The Morgan fingerprint density at radius 1 is 1.04 bits per heavy atom. The monoisotopic (exact) mass is 420 g/mol. The molecule has 1 fully saturated rings. The summed E-state index contributed by atoms with van der Waals surface area (Å²) in [4.78, 5) is 14.3. The van der Waals surface area contributed by atoms with Gasteiger partial charge in [-0.3, -0.25) is 4.79 Å². The number of hydrogen-bond acceptors (Lipinski definition) is 3. The first-order valence-corrected chi connectivity index (χ1v) is 11.4. The molecule has 1 aliphatic rings. The molecule has 1 aliphatic carbocycles. The molecule has 0 aliphatic heterocycles. The van der Waals surface area contributed by atoms with Crippen molar-refractivity contribution in [2.24, 2.45) is 0 Å². The number of amides is 1. The van der Waals surface area contributed by atoms with E-state index in [4.69, 9.17) is 11.6 Å². The van der Waals surface area contributed by atoms with Crippen LogP contribution in [-0.4, -0.2) is 32.3 Å². The van der Waals surface area contributed by atoms with Crippen molar-refractivity contribution in [1.29, 1.82) is 0 Å². The number of nitrogens with zero attached hydrogens (tertiary/aromatic N) is 1. The molecule has 0 bridgehead atoms. The summed E-state index contributed by atoms with van der Waals surface area (Å²) < 4.78 is 28.8. The maximum absolute atomic E-state index is 13.0. The number of carbonyl (C=O) groups excluding carboxylic acids is 1. The van der Waals surface area contributed by atoms with Crippen LogP contribution < -0.4 is 4.72 Å². The average Bonchev–Trinajstić information content (AvgIpc) is 2.66. The van der Waals surface area contributed by atoms with E-state index in [-0.39, 0.29) is 10.8 Å². The lowest BCUT2D eigenvalue weighted by atomic mass is 9.73. The second kappa shape index (κ2) is 8.23. The van der Waals surface area contributed by atoms with E-state index in [1.807, 2.05) is 26.0 Å². The van der Waals surface area contributed by atoms with Gasteiger partial charge < -0.3 is 4.90 Å². The van der Waals surface area contributed by atoms with Crippen LogP contribution in [-0.2, 0) is 15.6 Å². The van der Waals surface area contributed by atoms with Crippen molar-refractivity contribution in [1.82, 2.24) is 9.62 Å². The fourth-order valence-corrected chi connectivity index (χ4v) is 5.11. The Bertz CT molecular complexity index is 933. The largest absolute Gasteiger partial charge is 0.339 e. The van der Waals surface area contributed by atoms with Gasteiger partial charge in [0.2, 0.25) is 10.0 Å². The summed E-state index contributed by atoms with van der Waals surface area (Å²) in [7, 11) is -3.72. The number of hydrogen-bond donors (Lipinski definition) is 1. The molecular formula is C21H25ClN2O3S. The molecule has 0 saturated heterocycles. The molecule has 2 aromatic rings. The molecule has 3 rings (SSSR count). The van der Waals surface area contributed by atoms with Gasteiger partial charge in [0.15, 0.2) is 0 Å². The number of rotatable bonds is 7. The summed E-state index contributed by atoms with van der Waals surface area (Å²) in [6.07, 6.45) is 2.45. The molecule has 0 heterocycles. The first-order chi connectivity index (χ1) is 13.3. The third-order valence-electron chi connectivity index (χ3n) is 5.40. The molecule has 0 radical (unpaired) electrons. The van der Waals surface area contributed by atoms with Gasteiger partial charge in [-0.05, 0) is 75.1 Å². The van der Waals surface area contributed by atoms with E-state index < -0.39 is 15.6 Å². The third kappa shape index (κ3) is 4.09. The molecule has 5 nitrogen and oxygen atoms in total. The molecule has 1 saturated carbocycles. The summed E-state index contributed by atoms with van der Waals surface area (Å²) in [5.74, 6) is -0.0986. The van der Waals surface area contributed by atoms with Gasteiger partial charge in [0.1, 0.15) is 0 Å². The smallest absolute Gasteiger partial charge is 0.253 e. The predicted molar refractivity (Wildman–Crippen MR) is 111 cm³/mol. The predicted octanol–water partition coefficient (Wildman–Crippen LogP) is 4.18. The van der Waals surface area contributed by atoms with Gasteiger partial charge in [0, 0.05) is 23.7 Å². The van der Waals surface area contributed by atoms with Crippen molar-refractivity contribution in [3.63, 3.8) is 0 Å². The minimum Gasteiger partial charge on any atom is -0.339 e. The Labute approximate surface area is 171 Å². The topological polar surface area (TPSA) is 66.5 Å². The molecule has 0 unspecified atom stereocenters. The maximum atomic E-state index is 13.0. The number of carbonyl (C=O) groups is 1. The van der Waals surface area contributed by atoms with Crippen LogP contribution >= 0.6 is 11.6 Å². The van der Waals surface area contributed by atoms with Gasteiger partial charge >= 0.3 is 0 Å². The van der Waals surface area contributed by atoms with Gasteiger partial charge in [0.05, 0.1) is 10.4 Å². The average molecular weight is 421 g/mol. The first-order valence-electron chi connectivity index (χ1n) is 9.50. The lowest BCUT2D eigenvalue weighted by Gasteiger charge is -2.42. The Morgan fingerprint density at radius 2 is 1.61 bits per heavy atom. The van der Waals surface area contributed by atoms with Crippen LogP contribution in [0.3, 0.4) is 0 Å². The number of nitrogens with one attached hydrogen (secondary N) is 1. The van der Waals surface area contributed by atoms with Crippen molar-refractivity contribution in [2.75, 3.05) is 13.1 Å². The van der Waals surface area contributed by atoms with Crippen molar-refractivity contribution in [3.8, 4) is 0 Å². The van der Waals surface area contributed by atoms with Crippen LogP contribution in [0, 0.1) is 0 Å². The van der Waals surface area contributed by atoms with Crippen molar-refractivity contribution >= 4 is 27.5 Å². The molecule has 150 valence electrons. The molecule has 0 atom stereocenters. The highest BCUT2D eigenvalue weighted by molar-refractivity contribution is 7.89. The van der Waals surface area contributed by atoms with Crippen LogP contribution in [0.5, 0.6) is 0 Å². The summed E-state index contributed by atoms with van der Waals surface area (Å²) in [6, 6.07) is 13.4. The van der Waals surface area contributed by atoms with Gasteiger partial charge in [-0.15, -0.1) is 0 Å². The van der Waals surface area contributed by atoms with E-state index in [1.54, 1.807) is 29.2 Å². The Morgan fingerprint density at radius 3 is 2.07 bits per heavy atom. The molecule has 0 spiro atoms. The van der Waals surface area contributed by atoms with Crippen LogP contribution in [0.1, 0.15) is 49.0 Å². The molecular weight excluding hydrogens is 396 g/mol. The highest BCUT2D eigenvalue weighted by atomic mass is 35.5. The number of sulfonamides is 1. The molecule has 2 aromatic carbocycles. The Kier molecular flexibility index (Phi) is 6.12. The first kappa shape index (κ1) is 20.8. The molecule has 0 aromatic heterocycles. The van der Waals surface area contributed by atoms with Crippen molar-refractivity contribution in [2.45, 2.75) is 43.5 Å². The third-order valence-corrected chi connectivity index (χ3v) is 7.20. The Balaban J connectivity index is 1.82. The second-order valence-corrected chi connectivity index (χ2v) is 9.17. The van der Waals surface area contributed by atoms with Crippen LogP contribution in [0.25, 0.3) is 0 Å². The standard InChI is InChI=1S/C21H25ClN2O3S/c1-3-24(4-2)20(25)16-6-12-19(13-7-16)28(26,27)23-21(14-5-15-21)17-8-10-18(22)11-9-17/h6-13,23H,3-5,14-15H2,1-2H3. The zero-order valence-electron chi connectivity index (χ0n) is 16.1. The zero-order valence-corrected chi connectivity index (χ0v) is 17.7. The van der Waals surface area contributed by atoms with E-state index in [2.05, 4.69) is 4.72 Å². The van der Waals surface area contributed by atoms with Gasteiger partial charge in [-0.25, -0.2) is 13.1 Å². The van der Waals surface area contributed by atoms with Crippen molar-refractivity contribution in [3.05, 3.63) is 64.7 Å². The van der Waals surface area contributed by atoms with Gasteiger partial charge in [0.25, 0.3) is 5.91 Å². The maximum Gasteiger partial charge on any atom is 0.253 e. The minimum absolute atomic E-state index is 0.0986. The lowest BCUT2D eigenvalue weighted by molar-refractivity contribution is 0.0773. The quantitative estimate of drug-likeness (QED) is 0.730. The van der Waals surface area contributed by atoms with E-state index in [9.17, 15) is 13.2 Å². The molecule has 28 heavy (non-hydrogen) atoms. The van der Waals surface area contributed by atoms with Crippen LogP contribution in [0.2, 0.25) is 5.02 Å². The van der Waals surface area contributed by atoms with Crippen LogP contribution in [0.15, 0.2) is 53.4 Å². The summed E-state index contributed by atoms with van der Waals surface area (Å²) >= 11 is 5.97. The van der Waals surface area contributed by atoms with E-state index in [0.29, 0.717) is 23.7 Å².